The van der Waals surface area contributed by atoms with Crippen molar-refractivity contribution in [2.45, 2.75) is 32.7 Å². The third kappa shape index (κ3) is 3.34. The Hall–Kier alpha value is -1.63. The molecule has 0 amide bonds. The number of piperidine rings is 1. The molecule has 1 atom stereocenters. The molecular weight excluding hydrogens is 270 g/mol. The molecule has 1 aromatic heterocycles. The summed E-state index contributed by atoms with van der Waals surface area (Å²) in [5.41, 5.74) is -0.720. The fourth-order valence-electron chi connectivity index (χ4n) is 2.76. The molecule has 1 fully saturated rings. The molecule has 0 aromatic carbocycles. The molecule has 1 aliphatic heterocycles. The zero-order chi connectivity index (χ0) is 15.6. The van der Waals surface area contributed by atoms with Crippen molar-refractivity contribution in [3.05, 3.63) is 20.8 Å². The summed E-state index contributed by atoms with van der Waals surface area (Å²) in [5.74, 6) is 0.866. The minimum Gasteiger partial charge on any atom is -0.348 e. The quantitative estimate of drug-likeness (QED) is 0.825. The number of hydrogen-bond donors (Lipinski definition) is 1. The van der Waals surface area contributed by atoms with Crippen LogP contribution in [0.5, 0.6) is 0 Å². The van der Waals surface area contributed by atoms with E-state index < -0.39 is 5.69 Å². The van der Waals surface area contributed by atoms with Crippen LogP contribution in [0.1, 0.15) is 26.7 Å². The molecule has 2 heterocycles. The standard InChI is InChI=1S/C14H25N5O2/c1-10(2)19(9-11-6-5-7-15-8-11)12-13(20)17(3)14(21)18(4)16-12/h10-11,15H,5-9H2,1-4H3. The average Bonchev–Trinajstić information content (AvgIpc) is 2.47. The van der Waals surface area contributed by atoms with E-state index in [1.54, 1.807) is 7.05 Å². The SMILES string of the molecule is CC(C)N(CC1CCCNC1)c1nn(C)c(=O)n(C)c1=O. The maximum Gasteiger partial charge on any atom is 0.346 e. The first-order chi connectivity index (χ1) is 9.91. The highest BCUT2D eigenvalue weighted by Crippen LogP contribution is 2.16. The summed E-state index contributed by atoms with van der Waals surface area (Å²) in [6.07, 6.45) is 2.32. The van der Waals surface area contributed by atoms with Crippen molar-refractivity contribution >= 4 is 5.82 Å². The fourth-order valence-corrected chi connectivity index (χ4v) is 2.76. The van der Waals surface area contributed by atoms with Crippen LogP contribution in [0.2, 0.25) is 0 Å². The molecular formula is C14H25N5O2. The Balaban J connectivity index is 2.34. The van der Waals surface area contributed by atoms with Crippen LogP contribution in [0.25, 0.3) is 0 Å². The highest BCUT2D eigenvalue weighted by molar-refractivity contribution is 5.36. The Labute approximate surface area is 124 Å². The normalized spacial score (nSPS) is 19.0. The molecule has 1 saturated heterocycles. The van der Waals surface area contributed by atoms with Crippen LogP contribution in [0, 0.1) is 5.92 Å². The molecule has 0 bridgehead atoms. The Morgan fingerprint density at radius 2 is 2.10 bits per heavy atom. The molecule has 1 aliphatic rings. The van der Waals surface area contributed by atoms with Gasteiger partial charge in [0.15, 0.2) is 0 Å². The van der Waals surface area contributed by atoms with Gasteiger partial charge in [0.2, 0.25) is 5.82 Å². The zero-order valence-electron chi connectivity index (χ0n) is 13.3. The van der Waals surface area contributed by atoms with Gasteiger partial charge in [-0.25, -0.2) is 9.48 Å². The molecule has 0 aliphatic carbocycles. The highest BCUT2D eigenvalue weighted by atomic mass is 16.2. The van der Waals surface area contributed by atoms with Gasteiger partial charge in [-0.1, -0.05) is 0 Å². The first-order valence-electron chi connectivity index (χ1n) is 7.53. The van der Waals surface area contributed by atoms with Crippen molar-refractivity contribution in [2.75, 3.05) is 24.5 Å². The summed E-state index contributed by atoms with van der Waals surface area (Å²) in [5, 5.41) is 7.59. The van der Waals surface area contributed by atoms with Gasteiger partial charge in [0, 0.05) is 26.7 Å². The van der Waals surface area contributed by atoms with Crippen molar-refractivity contribution in [2.24, 2.45) is 20.0 Å². The van der Waals surface area contributed by atoms with E-state index in [0.29, 0.717) is 11.7 Å². The van der Waals surface area contributed by atoms with Crippen LogP contribution < -0.4 is 21.5 Å². The number of rotatable bonds is 4. The largest absolute Gasteiger partial charge is 0.348 e. The van der Waals surface area contributed by atoms with Crippen LogP contribution in [0.15, 0.2) is 9.59 Å². The Morgan fingerprint density at radius 1 is 1.38 bits per heavy atom. The summed E-state index contributed by atoms with van der Waals surface area (Å²) in [4.78, 5) is 26.1. The van der Waals surface area contributed by atoms with Crippen molar-refractivity contribution in [1.82, 2.24) is 19.7 Å². The van der Waals surface area contributed by atoms with Gasteiger partial charge in [-0.3, -0.25) is 9.36 Å². The predicted octanol–water partition coefficient (Wildman–Crippen LogP) is -0.307. The summed E-state index contributed by atoms with van der Waals surface area (Å²) in [7, 11) is 3.07. The number of aromatic nitrogens is 3. The average molecular weight is 295 g/mol. The van der Waals surface area contributed by atoms with Crippen LogP contribution in [0.4, 0.5) is 5.82 Å². The molecule has 7 nitrogen and oxygen atoms in total. The lowest BCUT2D eigenvalue weighted by atomic mass is 9.98. The first kappa shape index (κ1) is 15.8. The minimum atomic E-state index is -0.396. The van der Waals surface area contributed by atoms with E-state index in [2.05, 4.69) is 10.4 Å². The number of anilines is 1. The second-order valence-corrected chi connectivity index (χ2v) is 6.05. The second kappa shape index (κ2) is 6.43. The third-order valence-electron chi connectivity index (χ3n) is 4.05. The number of aryl methyl sites for hydroxylation is 1. The zero-order valence-corrected chi connectivity index (χ0v) is 13.3. The fraction of sp³-hybridized carbons (Fsp3) is 0.786. The summed E-state index contributed by atoms with van der Waals surface area (Å²) in [6, 6.07) is 0.157. The lowest BCUT2D eigenvalue weighted by molar-refractivity contribution is 0.368. The van der Waals surface area contributed by atoms with Crippen molar-refractivity contribution < 1.29 is 0 Å². The molecule has 118 valence electrons. The number of nitrogens with one attached hydrogen (secondary N) is 1. The van der Waals surface area contributed by atoms with Gasteiger partial charge in [-0.05, 0) is 45.7 Å². The van der Waals surface area contributed by atoms with Crippen LogP contribution >= 0.6 is 0 Å². The lowest BCUT2D eigenvalue weighted by Gasteiger charge is -2.33. The van der Waals surface area contributed by atoms with Gasteiger partial charge in [0.25, 0.3) is 5.56 Å². The van der Waals surface area contributed by atoms with E-state index in [-0.39, 0.29) is 11.6 Å². The third-order valence-corrected chi connectivity index (χ3v) is 4.05. The molecule has 0 saturated carbocycles. The van der Waals surface area contributed by atoms with Gasteiger partial charge >= 0.3 is 5.69 Å². The van der Waals surface area contributed by atoms with Crippen molar-refractivity contribution in [1.29, 1.82) is 0 Å². The van der Waals surface area contributed by atoms with Gasteiger partial charge in [0.05, 0.1) is 0 Å². The molecule has 1 N–H and O–H groups in total. The molecule has 1 unspecified atom stereocenters. The van der Waals surface area contributed by atoms with Crippen LogP contribution in [-0.2, 0) is 14.1 Å². The van der Waals surface area contributed by atoms with E-state index in [4.69, 9.17) is 0 Å². The van der Waals surface area contributed by atoms with Gasteiger partial charge in [0.1, 0.15) is 0 Å². The van der Waals surface area contributed by atoms with E-state index >= 15 is 0 Å². The van der Waals surface area contributed by atoms with Crippen LogP contribution in [0.3, 0.4) is 0 Å². The summed E-state index contributed by atoms with van der Waals surface area (Å²) in [6.45, 7) is 6.91. The minimum absolute atomic E-state index is 0.157. The highest BCUT2D eigenvalue weighted by Gasteiger charge is 2.23. The molecule has 2 rings (SSSR count). The Bertz CT molecular complexity index is 598. The van der Waals surface area contributed by atoms with Crippen molar-refractivity contribution in [3.63, 3.8) is 0 Å². The van der Waals surface area contributed by atoms with E-state index in [1.807, 2.05) is 18.7 Å². The second-order valence-electron chi connectivity index (χ2n) is 6.05. The smallest absolute Gasteiger partial charge is 0.346 e. The Kier molecular flexibility index (Phi) is 4.82. The maximum atomic E-state index is 12.4. The molecule has 21 heavy (non-hydrogen) atoms. The van der Waals surface area contributed by atoms with Gasteiger partial charge < -0.3 is 10.2 Å². The monoisotopic (exact) mass is 295 g/mol. The first-order valence-corrected chi connectivity index (χ1v) is 7.53. The predicted molar refractivity (Wildman–Crippen MR) is 82.8 cm³/mol. The van der Waals surface area contributed by atoms with Gasteiger partial charge in [-0.2, -0.15) is 0 Å². The lowest BCUT2D eigenvalue weighted by Crippen LogP contribution is -2.48. The van der Waals surface area contributed by atoms with E-state index in [9.17, 15) is 9.59 Å². The number of nitrogens with zero attached hydrogens (tertiary/aromatic N) is 4. The molecule has 0 radical (unpaired) electrons. The number of hydrogen-bond acceptors (Lipinski definition) is 5. The topological polar surface area (TPSA) is 72.2 Å². The maximum absolute atomic E-state index is 12.4. The van der Waals surface area contributed by atoms with Gasteiger partial charge in [-0.15, -0.1) is 5.10 Å². The summed E-state index contributed by atoms with van der Waals surface area (Å²) < 4.78 is 2.35. The van der Waals surface area contributed by atoms with Crippen molar-refractivity contribution in [3.8, 4) is 0 Å². The molecule has 0 spiro atoms. The summed E-state index contributed by atoms with van der Waals surface area (Å²) >= 11 is 0. The Morgan fingerprint density at radius 3 is 2.67 bits per heavy atom. The van der Waals surface area contributed by atoms with E-state index in [1.165, 1.54) is 11.7 Å². The van der Waals surface area contributed by atoms with Crippen LogP contribution in [-0.4, -0.2) is 40.0 Å². The molecule has 1 aromatic rings. The van der Waals surface area contributed by atoms with E-state index in [0.717, 1.165) is 37.0 Å². The molecule has 7 heteroatoms.